The summed E-state index contributed by atoms with van der Waals surface area (Å²) in [7, 11) is 0. The second kappa shape index (κ2) is 5.78. The predicted octanol–water partition coefficient (Wildman–Crippen LogP) is 3.49. The van der Waals surface area contributed by atoms with Crippen LogP contribution in [0.3, 0.4) is 0 Å². The molecule has 2 aromatic carbocycles. The number of carboxylic acid groups (broad SMARTS) is 1. The third kappa shape index (κ3) is 3.38. The molecule has 0 saturated carbocycles. The Bertz CT molecular complexity index is 595. The van der Waals surface area contributed by atoms with E-state index in [4.69, 9.17) is 0 Å². The molecule has 1 atom stereocenters. The van der Waals surface area contributed by atoms with Gasteiger partial charge in [-0.1, -0.05) is 48.0 Å². The topological polar surface area (TPSA) is 49.3 Å². The van der Waals surface area contributed by atoms with Crippen molar-refractivity contribution in [3.63, 3.8) is 0 Å². The highest BCUT2D eigenvalue weighted by Crippen LogP contribution is 2.21. The van der Waals surface area contributed by atoms with Crippen LogP contribution in [0.5, 0.6) is 0 Å². The van der Waals surface area contributed by atoms with Crippen molar-refractivity contribution in [1.82, 2.24) is 0 Å². The molecule has 0 aliphatic carbocycles. The summed E-state index contributed by atoms with van der Waals surface area (Å²) in [4.78, 5) is 11.7. The molecule has 0 radical (unpaired) electrons. The number of aryl methyl sites for hydroxylation is 1. The fraction of sp³-hybridized carbons (Fsp3) is 0.235. The number of carbonyl (C=O) groups is 1. The maximum Gasteiger partial charge on any atom is 0.329 e. The van der Waals surface area contributed by atoms with Gasteiger partial charge in [-0.25, -0.2) is 4.79 Å². The van der Waals surface area contributed by atoms with E-state index in [-0.39, 0.29) is 0 Å². The lowest BCUT2D eigenvalue weighted by Crippen LogP contribution is -2.45. The van der Waals surface area contributed by atoms with Crippen LogP contribution >= 0.6 is 0 Å². The average molecular weight is 269 g/mol. The summed E-state index contributed by atoms with van der Waals surface area (Å²) in [6, 6.07) is 17.4. The molecule has 0 aromatic heterocycles. The lowest BCUT2D eigenvalue weighted by atomic mass is 9.91. The van der Waals surface area contributed by atoms with E-state index in [2.05, 4.69) is 5.32 Å². The summed E-state index contributed by atoms with van der Waals surface area (Å²) < 4.78 is 0. The van der Waals surface area contributed by atoms with Crippen molar-refractivity contribution < 1.29 is 9.90 Å². The fourth-order valence-electron chi connectivity index (χ4n) is 2.24. The molecule has 0 amide bonds. The van der Waals surface area contributed by atoms with Crippen molar-refractivity contribution in [3.8, 4) is 0 Å². The van der Waals surface area contributed by atoms with Gasteiger partial charge in [-0.2, -0.15) is 0 Å². The second-order valence-electron chi connectivity index (χ2n) is 5.29. The molecule has 0 spiro atoms. The Kier molecular flexibility index (Phi) is 4.08. The Morgan fingerprint density at radius 1 is 1.15 bits per heavy atom. The number of aliphatic carboxylic acids is 1. The number of benzene rings is 2. The molecule has 2 N–H and O–H groups in total. The van der Waals surface area contributed by atoms with E-state index < -0.39 is 11.5 Å². The number of rotatable bonds is 5. The Balaban J connectivity index is 2.23. The molecule has 3 heteroatoms. The van der Waals surface area contributed by atoms with Crippen molar-refractivity contribution in [1.29, 1.82) is 0 Å². The molecule has 0 saturated heterocycles. The first-order valence-corrected chi connectivity index (χ1v) is 6.62. The van der Waals surface area contributed by atoms with Crippen molar-refractivity contribution in [2.75, 3.05) is 5.32 Å². The van der Waals surface area contributed by atoms with Crippen LogP contribution in [0.15, 0.2) is 54.6 Å². The second-order valence-corrected chi connectivity index (χ2v) is 5.29. The summed E-state index contributed by atoms with van der Waals surface area (Å²) in [5, 5.41) is 12.7. The molecular weight excluding hydrogens is 250 g/mol. The smallest absolute Gasteiger partial charge is 0.329 e. The van der Waals surface area contributed by atoms with Crippen LogP contribution < -0.4 is 5.32 Å². The van der Waals surface area contributed by atoms with Crippen LogP contribution in [0.25, 0.3) is 0 Å². The number of nitrogens with one attached hydrogen (secondary N) is 1. The van der Waals surface area contributed by atoms with Crippen LogP contribution in [-0.2, 0) is 11.2 Å². The standard InChI is InChI=1S/C17H19NO2/c1-13-7-6-8-14(11-13)12-17(2,16(19)20)18-15-9-4-3-5-10-15/h3-11,18H,12H2,1-2H3,(H,19,20)/t17-/m0/s1. The van der Waals surface area contributed by atoms with Crippen LogP contribution in [0.1, 0.15) is 18.1 Å². The van der Waals surface area contributed by atoms with Gasteiger partial charge in [-0.05, 0) is 31.5 Å². The molecule has 0 unspecified atom stereocenters. The maximum absolute atomic E-state index is 11.7. The largest absolute Gasteiger partial charge is 0.480 e. The zero-order chi connectivity index (χ0) is 14.6. The number of hydrogen-bond acceptors (Lipinski definition) is 2. The third-order valence-electron chi connectivity index (χ3n) is 3.31. The average Bonchev–Trinajstić information content (AvgIpc) is 2.39. The van der Waals surface area contributed by atoms with Gasteiger partial charge in [0.05, 0.1) is 0 Å². The van der Waals surface area contributed by atoms with Gasteiger partial charge in [0, 0.05) is 12.1 Å². The predicted molar refractivity (Wildman–Crippen MR) is 81.0 cm³/mol. The van der Waals surface area contributed by atoms with Crippen molar-refractivity contribution in [3.05, 3.63) is 65.7 Å². The van der Waals surface area contributed by atoms with Crippen LogP contribution in [-0.4, -0.2) is 16.6 Å². The lowest BCUT2D eigenvalue weighted by Gasteiger charge is -2.27. The van der Waals surface area contributed by atoms with Gasteiger partial charge in [0.25, 0.3) is 0 Å². The minimum absolute atomic E-state index is 0.429. The number of anilines is 1. The highest BCUT2D eigenvalue weighted by Gasteiger charge is 2.33. The molecule has 2 rings (SSSR count). The van der Waals surface area contributed by atoms with Crippen LogP contribution in [0, 0.1) is 6.92 Å². The molecule has 0 heterocycles. The first-order valence-electron chi connectivity index (χ1n) is 6.62. The lowest BCUT2D eigenvalue weighted by molar-refractivity contribution is -0.141. The Labute approximate surface area is 119 Å². The molecule has 0 fully saturated rings. The van der Waals surface area contributed by atoms with Gasteiger partial charge in [-0.15, -0.1) is 0 Å². The summed E-state index contributed by atoms with van der Waals surface area (Å²) in [6.45, 7) is 3.72. The minimum Gasteiger partial charge on any atom is -0.480 e. The first-order chi connectivity index (χ1) is 9.49. The van der Waals surface area contributed by atoms with Gasteiger partial charge in [0.2, 0.25) is 0 Å². The minimum atomic E-state index is -1.03. The molecule has 2 aromatic rings. The number of hydrogen-bond donors (Lipinski definition) is 2. The summed E-state index contributed by atoms with van der Waals surface area (Å²) in [6.07, 6.45) is 0.429. The molecule has 0 aliphatic heterocycles. The summed E-state index contributed by atoms with van der Waals surface area (Å²) in [5.41, 5.74) is 1.92. The molecule has 0 aliphatic rings. The Hall–Kier alpha value is -2.29. The van der Waals surface area contributed by atoms with Gasteiger partial charge < -0.3 is 10.4 Å². The van der Waals surface area contributed by atoms with Gasteiger partial charge in [0.1, 0.15) is 5.54 Å². The van der Waals surface area contributed by atoms with Gasteiger partial charge >= 0.3 is 5.97 Å². The van der Waals surface area contributed by atoms with E-state index in [1.54, 1.807) is 6.92 Å². The van der Waals surface area contributed by atoms with E-state index in [9.17, 15) is 9.90 Å². The molecule has 20 heavy (non-hydrogen) atoms. The van der Waals surface area contributed by atoms with Crippen LogP contribution in [0.4, 0.5) is 5.69 Å². The quantitative estimate of drug-likeness (QED) is 0.873. The van der Waals surface area contributed by atoms with E-state index in [1.807, 2.05) is 61.5 Å². The third-order valence-corrected chi connectivity index (χ3v) is 3.31. The summed E-state index contributed by atoms with van der Waals surface area (Å²) >= 11 is 0. The van der Waals surface area contributed by atoms with Gasteiger partial charge in [-0.3, -0.25) is 0 Å². The highest BCUT2D eigenvalue weighted by atomic mass is 16.4. The maximum atomic E-state index is 11.7. The van der Waals surface area contributed by atoms with Gasteiger partial charge in [0.15, 0.2) is 0 Å². The monoisotopic (exact) mass is 269 g/mol. The zero-order valence-electron chi connectivity index (χ0n) is 11.8. The molecular formula is C17H19NO2. The zero-order valence-corrected chi connectivity index (χ0v) is 11.8. The fourth-order valence-corrected chi connectivity index (χ4v) is 2.24. The van der Waals surface area contributed by atoms with Crippen molar-refractivity contribution in [2.24, 2.45) is 0 Å². The van der Waals surface area contributed by atoms with Crippen LogP contribution in [0.2, 0.25) is 0 Å². The van der Waals surface area contributed by atoms with Crippen molar-refractivity contribution in [2.45, 2.75) is 25.8 Å². The first kappa shape index (κ1) is 14.1. The van der Waals surface area contributed by atoms with E-state index in [0.717, 1.165) is 16.8 Å². The number of para-hydroxylation sites is 1. The highest BCUT2D eigenvalue weighted by molar-refractivity contribution is 5.82. The molecule has 104 valence electrons. The molecule has 0 bridgehead atoms. The Morgan fingerprint density at radius 3 is 2.45 bits per heavy atom. The van der Waals surface area contributed by atoms with E-state index in [1.165, 1.54) is 0 Å². The Morgan fingerprint density at radius 2 is 1.85 bits per heavy atom. The van der Waals surface area contributed by atoms with E-state index >= 15 is 0 Å². The van der Waals surface area contributed by atoms with Crippen molar-refractivity contribution >= 4 is 11.7 Å². The normalized spacial score (nSPS) is 13.5. The SMILES string of the molecule is Cc1cccc(C[C@](C)(Nc2ccccc2)C(=O)O)c1. The van der Waals surface area contributed by atoms with E-state index in [0.29, 0.717) is 6.42 Å². The molecule has 3 nitrogen and oxygen atoms in total. The summed E-state index contributed by atoms with van der Waals surface area (Å²) in [5.74, 6) is -0.858. The number of carboxylic acids is 1.